The summed E-state index contributed by atoms with van der Waals surface area (Å²) >= 11 is 1.74. The van der Waals surface area contributed by atoms with Crippen LogP contribution in [0.3, 0.4) is 0 Å². The average molecular weight is 257 g/mol. The summed E-state index contributed by atoms with van der Waals surface area (Å²) in [5, 5.41) is 10.1. The molecule has 0 bridgehead atoms. The third-order valence-electron chi connectivity index (χ3n) is 3.12. The minimum Gasteiger partial charge on any atom is -0.325 e. The third kappa shape index (κ3) is 2.05. The summed E-state index contributed by atoms with van der Waals surface area (Å²) in [5.41, 5.74) is 9.27. The smallest absolute Gasteiger partial charge is 0.0838 e. The molecule has 0 radical (unpaired) electrons. The van der Waals surface area contributed by atoms with Crippen molar-refractivity contribution in [2.24, 2.45) is 5.73 Å². The number of hydrogen-bond donors (Lipinski definition) is 1. The fourth-order valence-corrected chi connectivity index (χ4v) is 2.89. The number of aryl methyl sites for hydroxylation is 2. The van der Waals surface area contributed by atoms with Crippen LogP contribution in [-0.2, 0) is 19.5 Å². The summed E-state index contributed by atoms with van der Waals surface area (Å²) in [6, 6.07) is 10.4. The van der Waals surface area contributed by atoms with Gasteiger partial charge in [0.15, 0.2) is 0 Å². The van der Waals surface area contributed by atoms with Crippen molar-refractivity contribution in [2.45, 2.75) is 19.5 Å². The lowest BCUT2D eigenvalue weighted by Crippen LogP contribution is -2.04. The lowest BCUT2D eigenvalue weighted by Gasteiger charge is -2.01. The molecule has 3 rings (SSSR count). The van der Waals surface area contributed by atoms with Crippen molar-refractivity contribution in [3.05, 3.63) is 52.3 Å². The first-order valence-electron chi connectivity index (χ1n) is 6.04. The van der Waals surface area contributed by atoms with Gasteiger partial charge in [0, 0.05) is 18.5 Å². The summed E-state index contributed by atoms with van der Waals surface area (Å²) in [6.45, 7) is 1.39. The average Bonchev–Trinajstić information content (AvgIpc) is 3.04. The molecule has 3 nitrogen and oxygen atoms in total. The van der Waals surface area contributed by atoms with Crippen molar-refractivity contribution >= 4 is 22.2 Å². The molecular weight excluding hydrogens is 242 g/mol. The molecule has 0 aliphatic heterocycles. The lowest BCUT2D eigenvalue weighted by atomic mass is 10.2. The van der Waals surface area contributed by atoms with Crippen molar-refractivity contribution in [1.29, 1.82) is 0 Å². The summed E-state index contributed by atoms with van der Waals surface area (Å²) in [4.78, 5) is 0. The van der Waals surface area contributed by atoms with Gasteiger partial charge in [-0.3, -0.25) is 4.68 Å². The van der Waals surface area contributed by atoms with E-state index in [0.717, 1.165) is 18.7 Å². The van der Waals surface area contributed by atoms with E-state index >= 15 is 0 Å². The summed E-state index contributed by atoms with van der Waals surface area (Å²) in [7, 11) is 0. The van der Waals surface area contributed by atoms with Gasteiger partial charge in [-0.15, -0.1) is 0 Å². The lowest BCUT2D eigenvalue weighted by molar-refractivity contribution is 0.625. The van der Waals surface area contributed by atoms with Gasteiger partial charge in [-0.1, -0.05) is 18.2 Å². The largest absolute Gasteiger partial charge is 0.325 e. The molecule has 0 atom stereocenters. The van der Waals surface area contributed by atoms with Crippen LogP contribution in [0.4, 0.5) is 0 Å². The van der Waals surface area contributed by atoms with E-state index in [2.05, 4.69) is 38.7 Å². The van der Waals surface area contributed by atoms with Gasteiger partial charge in [0.2, 0.25) is 0 Å². The van der Waals surface area contributed by atoms with E-state index in [1.165, 1.54) is 16.5 Å². The van der Waals surface area contributed by atoms with Gasteiger partial charge in [-0.05, 0) is 34.9 Å². The Balaban J connectivity index is 1.91. The first-order chi connectivity index (χ1) is 8.88. The number of benzene rings is 1. The molecule has 0 fully saturated rings. The van der Waals surface area contributed by atoms with Gasteiger partial charge in [-0.2, -0.15) is 16.4 Å². The van der Waals surface area contributed by atoms with Crippen LogP contribution in [0.1, 0.15) is 11.3 Å². The Labute approximate surface area is 110 Å². The second-order valence-corrected chi connectivity index (χ2v) is 5.05. The number of fused-ring (bicyclic) bond motifs is 1. The van der Waals surface area contributed by atoms with Crippen molar-refractivity contribution in [1.82, 2.24) is 9.78 Å². The fraction of sp³-hybridized carbons (Fsp3) is 0.214. The Morgan fingerprint density at radius 3 is 2.89 bits per heavy atom. The highest BCUT2D eigenvalue weighted by atomic mass is 32.1. The SMILES string of the molecule is NCc1nn(CCc2ccsc2)c2ccccc12. The van der Waals surface area contributed by atoms with Crippen molar-refractivity contribution in [2.75, 3.05) is 0 Å². The minimum absolute atomic E-state index is 0.492. The molecule has 0 saturated carbocycles. The zero-order chi connectivity index (χ0) is 12.4. The second-order valence-electron chi connectivity index (χ2n) is 4.27. The number of thiophene rings is 1. The maximum atomic E-state index is 5.75. The molecule has 0 unspecified atom stereocenters. The Morgan fingerprint density at radius 2 is 2.11 bits per heavy atom. The van der Waals surface area contributed by atoms with Crippen LogP contribution < -0.4 is 5.73 Å². The quantitative estimate of drug-likeness (QED) is 0.781. The van der Waals surface area contributed by atoms with Crippen LogP contribution in [0.5, 0.6) is 0 Å². The van der Waals surface area contributed by atoms with Gasteiger partial charge in [0.1, 0.15) is 0 Å². The Hall–Kier alpha value is -1.65. The molecule has 4 heteroatoms. The van der Waals surface area contributed by atoms with E-state index in [1.807, 2.05) is 12.1 Å². The molecule has 0 saturated heterocycles. The molecular formula is C14H15N3S. The van der Waals surface area contributed by atoms with Crippen molar-refractivity contribution in [3.63, 3.8) is 0 Å². The summed E-state index contributed by atoms with van der Waals surface area (Å²) in [5.74, 6) is 0. The van der Waals surface area contributed by atoms with Crippen molar-refractivity contribution in [3.8, 4) is 0 Å². The van der Waals surface area contributed by atoms with Crippen LogP contribution in [0.25, 0.3) is 10.9 Å². The van der Waals surface area contributed by atoms with E-state index < -0.39 is 0 Å². The molecule has 3 aromatic rings. The number of nitrogens with zero attached hydrogens (tertiary/aromatic N) is 2. The van der Waals surface area contributed by atoms with E-state index in [0.29, 0.717) is 6.54 Å². The highest BCUT2D eigenvalue weighted by Gasteiger charge is 2.08. The van der Waals surface area contributed by atoms with Gasteiger partial charge in [0.05, 0.1) is 11.2 Å². The van der Waals surface area contributed by atoms with E-state index in [-0.39, 0.29) is 0 Å². The predicted octanol–water partition coefficient (Wildman–Crippen LogP) is 2.80. The van der Waals surface area contributed by atoms with E-state index in [9.17, 15) is 0 Å². The maximum absolute atomic E-state index is 5.75. The fourth-order valence-electron chi connectivity index (χ4n) is 2.19. The zero-order valence-corrected chi connectivity index (χ0v) is 10.9. The summed E-state index contributed by atoms with van der Waals surface area (Å²) in [6.07, 6.45) is 1.01. The third-order valence-corrected chi connectivity index (χ3v) is 3.85. The molecule has 0 aliphatic carbocycles. The Kier molecular flexibility index (Phi) is 3.13. The molecule has 0 spiro atoms. The Morgan fingerprint density at radius 1 is 1.22 bits per heavy atom. The number of para-hydroxylation sites is 1. The summed E-state index contributed by atoms with van der Waals surface area (Å²) < 4.78 is 2.06. The number of nitrogens with two attached hydrogens (primary N) is 1. The standard InChI is InChI=1S/C14H15N3S/c15-9-13-12-3-1-2-4-14(12)17(16-13)7-5-11-6-8-18-10-11/h1-4,6,8,10H,5,7,9,15H2. The molecule has 18 heavy (non-hydrogen) atoms. The molecule has 1 aromatic carbocycles. The normalized spacial score (nSPS) is 11.2. The maximum Gasteiger partial charge on any atom is 0.0838 e. The Bertz CT molecular complexity index is 640. The highest BCUT2D eigenvalue weighted by Crippen LogP contribution is 2.18. The van der Waals surface area contributed by atoms with Crippen LogP contribution in [0.2, 0.25) is 0 Å². The molecule has 2 N–H and O–H groups in total. The van der Waals surface area contributed by atoms with Gasteiger partial charge in [0.25, 0.3) is 0 Å². The van der Waals surface area contributed by atoms with E-state index in [4.69, 9.17) is 5.73 Å². The van der Waals surface area contributed by atoms with Gasteiger partial charge >= 0.3 is 0 Å². The molecule has 2 aromatic heterocycles. The monoisotopic (exact) mass is 257 g/mol. The van der Waals surface area contributed by atoms with Crippen LogP contribution in [-0.4, -0.2) is 9.78 Å². The van der Waals surface area contributed by atoms with Gasteiger partial charge in [-0.25, -0.2) is 0 Å². The predicted molar refractivity (Wildman–Crippen MR) is 75.6 cm³/mol. The topological polar surface area (TPSA) is 43.8 Å². The zero-order valence-electron chi connectivity index (χ0n) is 10.0. The second kappa shape index (κ2) is 4.92. The molecule has 0 amide bonds. The molecule has 92 valence electrons. The van der Waals surface area contributed by atoms with Crippen LogP contribution >= 0.6 is 11.3 Å². The first-order valence-corrected chi connectivity index (χ1v) is 6.98. The van der Waals surface area contributed by atoms with Crippen LogP contribution in [0.15, 0.2) is 41.1 Å². The highest BCUT2D eigenvalue weighted by molar-refractivity contribution is 7.07. The minimum atomic E-state index is 0.492. The number of hydrogen-bond acceptors (Lipinski definition) is 3. The van der Waals surface area contributed by atoms with E-state index in [1.54, 1.807) is 11.3 Å². The number of aromatic nitrogens is 2. The number of rotatable bonds is 4. The van der Waals surface area contributed by atoms with Crippen LogP contribution in [0, 0.1) is 0 Å². The van der Waals surface area contributed by atoms with Gasteiger partial charge < -0.3 is 5.73 Å². The molecule has 0 aliphatic rings. The first kappa shape index (κ1) is 11.4. The molecule has 2 heterocycles. The van der Waals surface area contributed by atoms with Crippen molar-refractivity contribution < 1.29 is 0 Å².